The zero-order chi connectivity index (χ0) is 13.9. The lowest BCUT2D eigenvalue weighted by Crippen LogP contribution is -2.47. The third kappa shape index (κ3) is 3.78. The molecule has 2 N–H and O–H groups in total. The minimum absolute atomic E-state index is 0.0881. The van der Waals surface area contributed by atoms with Crippen molar-refractivity contribution in [2.75, 3.05) is 13.2 Å². The first-order chi connectivity index (χ1) is 8.99. The zero-order valence-electron chi connectivity index (χ0n) is 10.9. The molecule has 1 aliphatic rings. The Morgan fingerprint density at radius 1 is 1.53 bits per heavy atom. The van der Waals surface area contributed by atoms with E-state index in [4.69, 9.17) is 4.74 Å². The molecule has 1 saturated heterocycles. The number of nitrogens with one attached hydrogen (secondary N) is 1. The number of carbonyl (C=O) groups is 1. The molecule has 1 amide bonds. The van der Waals surface area contributed by atoms with Gasteiger partial charge in [0.25, 0.3) is 0 Å². The second-order valence-electron chi connectivity index (χ2n) is 4.95. The molecule has 2 atom stereocenters. The molecule has 0 aromatic heterocycles. The van der Waals surface area contributed by atoms with E-state index in [1.165, 1.54) is 0 Å². The highest BCUT2D eigenvalue weighted by Crippen LogP contribution is 2.24. The molecule has 5 heteroatoms. The average Bonchev–Trinajstić information content (AvgIpc) is 2.71. The van der Waals surface area contributed by atoms with Crippen LogP contribution in [0.4, 0.5) is 0 Å². The Morgan fingerprint density at radius 3 is 2.79 bits per heavy atom. The standard InChI is InChI=1S/C14H18BrNO3/c1-10-14(18,6-7-19-10)9-16-13(17)8-11-2-4-12(15)5-3-11/h2-5,10,18H,6-9H2,1H3,(H,16,17). The summed E-state index contributed by atoms with van der Waals surface area (Å²) in [5.74, 6) is -0.0881. The summed E-state index contributed by atoms with van der Waals surface area (Å²) in [4.78, 5) is 11.8. The van der Waals surface area contributed by atoms with E-state index in [2.05, 4.69) is 21.2 Å². The van der Waals surface area contributed by atoms with Crippen LogP contribution in [0.1, 0.15) is 18.9 Å². The summed E-state index contributed by atoms with van der Waals surface area (Å²) in [6.07, 6.45) is 0.645. The van der Waals surface area contributed by atoms with Crippen molar-refractivity contribution in [2.24, 2.45) is 0 Å². The van der Waals surface area contributed by atoms with Crippen molar-refractivity contribution in [1.82, 2.24) is 5.32 Å². The molecule has 2 rings (SSSR count). The summed E-state index contributed by atoms with van der Waals surface area (Å²) in [6, 6.07) is 7.62. The van der Waals surface area contributed by atoms with E-state index in [0.717, 1.165) is 10.0 Å². The fourth-order valence-electron chi connectivity index (χ4n) is 2.10. The second-order valence-corrected chi connectivity index (χ2v) is 5.86. The average molecular weight is 328 g/mol. The van der Waals surface area contributed by atoms with Crippen molar-refractivity contribution in [1.29, 1.82) is 0 Å². The second kappa shape index (κ2) is 6.03. The number of amides is 1. The van der Waals surface area contributed by atoms with E-state index in [1.54, 1.807) is 0 Å². The normalized spacial score (nSPS) is 26.4. The van der Waals surface area contributed by atoms with Crippen molar-refractivity contribution in [3.05, 3.63) is 34.3 Å². The molecule has 1 aromatic carbocycles. The highest BCUT2D eigenvalue weighted by atomic mass is 79.9. The Hall–Kier alpha value is -0.910. The number of rotatable bonds is 4. The maximum atomic E-state index is 11.8. The topological polar surface area (TPSA) is 58.6 Å². The largest absolute Gasteiger partial charge is 0.385 e. The van der Waals surface area contributed by atoms with Gasteiger partial charge in [-0.1, -0.05) is 28.1 Å². The number of ether oxygens (including phenoxy) is 1. The van der Waals surface area contributed by atoms with Gasteiger partial charge in [-0.05, 0) is 24.6 Å². The lowest BCUT2D eigenvalue weighted by Gasteiger charge is -2.26. The van der Waals surface area contributed by atoms with Crippen LogP contribution in [0.2, 0.25) is 0 Å². The van der Waals surface area contributed by atoms with E-state index < -0.39 is 5.60 Å². The van der Waals surface area contributed by atoms with Crippen LogP contribution < -0.4 is 5.32 Å². The van der Waals surface area contributed by atoms with Crippen LogP contribution in [-0.2, 0) is 16.0 Å². The molecule has 2 unspecified atom stereocenters. The van der Waals surface area contributed by atoms with Gasteiger partial charge in [0, 0.05) is 24.0 Å². The van der Waals surface area contributed by atoms with E-state index in [0.29, 0.717) is 19.4 Å². The van der Waals surface area contributed by atoms with Gasteiger partial charge in [0.1, 0.15) is 5.60 Å². The molecule has 1 aliphatic heterocycles. The number of aliphatic hydroxyl groups is 1. The summed E-state index contributed by atoms with van der Waals surface area (Å²) in [6.45, 7) is 2.61. The van der Waals surface area contributed by atoms with Gasteiger partial charge in [-0.15, -0.1) is 0 Å². The quantitative estimate of drug-likeness (QED) is 0.884. The zero-order valence-corrected chi connectivity index (χ0v) is 12.4. The molecule has 0 spiro atoms. The SMILES string of the molecule is CC1OCCC1(O)CNC(=O)Cc1ccc(Br)cc1. The Balaban J connectivity index is 1.83. The predicted molar refractivity (Wildman–Crippen MR) is 75.8 cm³/mol. The fraction of sp³-hybridized carbons (Fsp3) is 0.500. The van der Waals surface area contributed by atoms with E-state index in [-0.39, 0.29) is 18.6 Å². The maximum Gasteiger partial charge on any atom is 0.224 e. The van der Waals surface area contributed by atoms with Gasteiger partial charge in [-0.2, -0.15) is 0 Å². The molecular weight excluding hydrogens is 310 g/mol. The van der Waals surface area contributed by atoms with E-state index >= 15 is 0 Å². The third-order valence-corrected chi connectivity index (χ3v) is 4.06. The van der Waals surface area contributed by atoms with Crippen LogP contribution in [0.5, 0.6) is 0 Å². The Labute approximate surface area is 121 Å². The first kappa shape index (κ1) is 14.5. The molecule has 1 heterocycles. The first-order valence-electron chi connectivity index (χ1n) is 6.35. The number of halogens is 1. The molecule has 19 heavy (non-hydrogen) atoms. The molecule has 1 fully saturated rings. The minimum Gasteiger partial charge on any atom is -0.385 e. The van der Waals surface area contributed by atoms with Gasteiger partial charge in [0.15, 0.2) is 0 Å². The number of hydrogen-bond acceptors (Lipinski definition) is 3. The summed E-state index contributed by atoms with van der Waals surface area (Å²) in [5.41, 5.74) is 0.0125. The molecule has 1 aromatic rings. The van der Waals surface area contributed by atoms with Crippen LogP contribution in [0.3, 0.4) is 0 Å². The molecule has 0 saturated carbocycles. The van der Waals surface area contributed by atoms with Gasteiger partial charge < -0.3 is 15.2 Å². The molecule has 104 valence electrons. The van der Waals surface area contributed by atoms with Crippen LogP contribution in [0, 0.1) is 0 Å². The molecule has 0 aliphatic carbocycles. The summed E-state index contributed by atoms with van der Waals surface area (Å²) in [7, 11) is 0. The van der Waals surface area contributed by atoms with E-state index in [9.17, 15) is 9.90 Å². The van der Waals surface area contributed by atoms with Gasteiger partial charge in [0.2, 0.25) is 5.91 Å². The lowest BCUT2D eigenvalue weighted by atomic mass is 9.96. The molecule has 0 bridgehead atoms. The van der Waals surface area contributed by atoms with Crippen LogP contribution in [0.25, 0.3) is 0 Å². The van der Waals surface area contributed by atoms with Crippen LogP contribution in [-0.4, -0.2) is 35.9 Å². The summed E-state index contributed by atoms with van der Waals surface area (Å²) in [5, 5.41) is 13.0. The van der Waals surface area contributed by atoms with Crippen molar-refractivity contribution in [2.45, 2.75) is 31.5 Å². The predicted octanol–water partition coefficient (Wildman–Crippen LogP) is 1.65. The Kier molecular flexibility index (Phi) is 4.60. The Morgan fingerprint density at radius 2 is 2.21 bits per heavy atom. The minimum atomic E-state index is -0.935. The highest BCUT2D eigenvalue weighted by molar-refractivity contribution is 9.10. The molecule has 0 radical (unpaired) electrons. The number of hydrogen-bond donors (Lipinski definition) is 2. The van der Waals surface area contributed by atoms with Crippen molar-refractivity contribution in [3.63, 3.8) is 0 Å². The maximum absolute atomic E-state index is 11.8. The number of benzene rings is 1. The van der Waals surface area contributed by atoms with Crippen LogP contribution >= 0.6 is 15.9 Å². The lowest BCUT2D eigenvalue weighted by molar-refractivity contribution is -0.122. The summed E-state index contributed by atoms with van der Waals surface area (Å²) >= 11 is 3.35. The molecule has 4 nitrogen and oxygen atoms in total. The van der Waals surface area contributed by atoms with Gasteiger partial charge >= 0.3 is 0 Å². The highest BCUT2D eigenvalue weighted by Gasteiger charge is 2.39. The first-order valence-corrected chi connectivity index (χ1v) is 7.14. The van der Waals surface area contributed by atoms with Gasteiger partial charge in [-0.25, -0.2) is 0 Å². The third-order valence-electron chi connectivity index (χ3n) is 3.53. The van der Waals surface area contributed by atoms with Gasteiger partial charge in [0.05, 0.1) is 12.5 Å². The van der Waals surface area contributed by atoms with E-state index in [1.807, 2.05) is 31.2 Å². The van der Waals surface area contributed by atoms with Crippen molar-refractivity contribution >= 4 is 21.8 Å². The Bertz CT molecular complexity index is 449. The van der Waals surface area contributed by atoms with Crippen molar-refractivity contribution in [3.8, 4) is 0 Å². The van der Waals surface area contributed by atoms with Crippen molar-refractivity contribution < 1.29 is 14.6 Å². The fourth-order valence-corrected chi connectivity index (χ4v) is 2.37. The van der Waals surface area contributed by atoms with Gasteiger partial charge in [-0.3, -0.25) is 4.79 Å². The summed E-state index contributed by atoms with van der Waals surface area (Å²) < 4.78 is 6.31. The monoisotopic (exact) mass is 327 g/mol. The molecular formula is C14H18BrNO3. The smallest absolute Gasteiger partial charge is 0.224 e. The van der Waals surface area contributed by atoms with Crippen LogP contribution in [0.15, 0.2) is 28.7 Å². The number of carbonyl (C=O) groups excluding carboxylic acids is 1.